The maximum atomic E-state index is 12.2. The first-order valence-corrected chi connectivity index (χ1v) is 10.5. The predicted octanol–water partition coefficient (Wildman–Crippen LogP) is 2.84. The lowest BCUT2D eigenvalue weighted by atomic mass is 10.1. The van der Waals surface area contributed by atoms with Crippen molar-refractivity contribution in [2.75, 3.05) is 6.54 Å². The van der Waals surface area contributed by atoms with Crippen LogP contribution in [-0.4, -0.2) is 33.0 Å². The average molecular weight is 494 g/mol. The number of nitrogens with zero attached hydrogens (tertiary/aromatic N) is 1. The molecule has 1 atom stereocenters. The van der Waals surface area contributed by atoms with E-state index in [4.69, 9.17) is 0 Å². The van der Waals surface area contributed by atoms with Gasteiger partial charge in [-0.1, -0.05) is 26.0 Å². The lowest BCUT2D eigenvalue weighted by Gasteiger charge is -2.20. The zero-order valence-corrected chi connectivity index (χ0v) is 19.1. The quantitative estimate of drug-likeness (QED) is 0.295. The third-order valence-electron chi connectivity index (χ3n) is 4.26. The fourth-order valence-corrected chi connectivity index (χ4v) is 3.44. The summed E-state index contributed by atoms with van der Waals surface area (Å²) in [5.74, 6) is 1.28. The fourth-order valence-electron chi connectivity index (χ4n) is 2.14. The maximum absolute atomic E-state index is 12.2. The molecule has 0 radical (unpaired) electrons. The SMILES string of the molecule is CCNC(=NCc1ccc(S(=O)(=O)NC2CC2)cc1)NC(C)C(C)C.I. The molecular formula is C18H31IN4O2S. The van der Waals surface area contributed by atoms with Gasteiger partial charge in [0.2, 0.25) is 10.0 Å². The van der Waals surface area contributed by atoms with Gasteiger partial charge in [0.25, 0.3) is 0 Å². The largest absolute Gasteiger partial charge is 0.357 e. The van der Waals surface area contributed by atoms with E-state index in [-0.39, 0.29) is 30.0 Å². The number of halogens is 1. The van der Waals surface area contributed by atoms with Crippen LogP contribution in [0.4, 0.5) is 0 Å². The van der Waals surface area contributed by atoms with E-state index in [2.05, 4.69) is 41.1 Å². The fraction of sp³-hybridized carbons (Fsp3) is 0.611. The summed E-state index contributed by atoms with van der Waals surface area (Å²) in [4.78, 5) is 4.90. The van der Waals surface area contributed by atoms with Gasteiger partial charge >= 0.3 is 0 Å². The predicted molar refractivity (Wildman–Crippen MR) is 117 cm³/mol. The summed E-state index contributed by atoms with van der Waals surface area (Å²) in [6.07, 6.45) is 1.86. The normalized spacial score (nSPS) is 16.1. The summed E-state index contributed by atoms with van der Waals surface area (Å²) < 4.78 is 27.0. The van der Waals surface area contributed by atoms with Gasteiger partial charge in [0.05, 0.1) is 11.4 Å². The molecule has 1 fully saturated rings. The van der Waals surface area contributed by atoms with E-state index in [9.17, 15) is 8.42 Å². The van der Waals surface area contributed by atoms with E-state index in [0.29, 0.717) is 23.4 Å². The van der Waals surface area contributed by atoms with Crippen molar-refractivity contribution < 1.29 is 8.42 Å². The number of hydrogen-bond acceptors (Lipinski definition) is 3. The molecule has 1 aliphatic rings. The van der Waals surface area contributed by atoms with Crippen molar-refractivity contribution in [2.24, 2.45) is 10.9 Å². The second kappa shape index (κ2) is 10.5. The molecule has 0 aliphatic heterocycles. The summed E-state index contributed by atoms with van der Waals surface area (Å²) in [7, 11) is -3.39. The Hall–Kier alpha value is -0.870. The van der Waals surface area contributed by atoms with Crippen molar-refractivity contribution in [1.82, 2.24) is 15.4 Å². The second-order valence-electron chi connectivity index (χ2n) is 6.91. The van der Waals surface area contributed by atoms with Gasteiger partial charge < -0.3 is 10.6 Å². The van der Waals surface area contributed by atoms with Crippen LogP contribution < -0.4 is 15.4 Å². The highest BCUT2D eigenvalue weighted by Gasteiger charge is 2.27. The van der Waals surface area contributed by atoms with Gasteiger partial charge in [-0.05, 0) is 50.3 Å². The van der Waals surface area contributed by atoms with Crippen molar-refractivity contribution in [2.45, 2.75) is 64.1 Å². The summed E-state index contributed by atoms with van der Waals surface area (Å²) in [5, 5.41) is 6.62. The molecule has 0 heterocycles. The van der Waals surface area contributed by atoms with Crippen molar-refractivity contribution in [3.05, 3.63) is 29.8 Å². The van der Waals surface area contributed by atoms with Crippen molar-refractivity contribution >= 4 is 40.0 Å². The number of sulfonamides is 1. The van der Waals surface area contributed by atoms with Crippen LogP contribution in [0, 0.1) is 5.92 Å². The molecule has 26 heavy (non-hydrogen) atoms. The molecular weight excluding hydrogens is 463 g/mol. The molecule has 3 N–H and O–H groups in total. The van der Waals surface area contributed by atoms with E-state index >= 15 is 0 Å². The molecule has 0 amide bonds. The Morgan fingerprint density at radius 3 is 2.31 bits per heavy atom. The van der Waals surface area contributed by atoms with Crippen LogP contribution >= 0.6 is 24.0 Å². The Bertz CT molecular complexity index is 686. The second-order valence-corrected chi connectivity index (χ2v) is 8.63. The first-order valence-electron chi connectivity index (χ1n) is 8.98. The highest BCUT2D eigenvalue weighted by Crippen LogP contribution is 2.22. The smallest absolute Gasteiger partial charge is 0.240 e. The topological polar surface area (TPSA) is 82.6 Å². The standard InChI is InChI=1S/C18H30N4O2S.HI/c1-5-19-18(21-14(4)13(2)3)20-12-15-6-10-17(11-7-15)25(23,24)22-16-8-9-16;/h6-7,10-11,13-14,16,22H,5,8-9,12H2,1-4H3,(H2,19,20,21);1H. The highest BCUT2D eigenvalue weighted by atomic mass is 127. The van der Waals surface area contributed by atoms with Gasteiger partial charge in [0.15, 0.2) is 5.96 Å². The first kappa shape index (κ1) is 23.2. The Morgan fingerprint density at radius 1 is 1.19 bits per heavy atom. The molecule has 1 unspecified atom stereocenters. The number of rotatable bonds is 8. The molecule has 2 rings (SSSR count). The maximum Gasteiger partial charge on any atom is 0.240 e. The van der Waals surface area contributed by atoms with E-state index in [0.717, 1.165) is 30.9 Å². The minimum atomic E-state index is -3.39. The molecule has 0 aromatic heterocycles. The van der Waals surface area contributed by atoms with Gasteiger partial charge in [-0.25, -0.2) is 18.1 Å². The van der Waals surface area contributed by atoms with Crippen LogP contribution in [0.2, 0.25) is 0 Å². The number of aliphatic imine (C=N–C) groups is 1. The number of guanidine groups is 1. The van der Waals surface area contributed by atoms with E-state index in [1.165, 1.54) is 0 Å². The summed E-state index contributed by atoms with van der Waals surface area (Å²) >= 11 is 0. The monoisotopic (exact) mass is 494 g/mol. The third kappa shape index (κ3) is 7.40. The lowest BCUT2D eigenvalue weighted by molar-refractivity contribution is 0.481. The van der Waals surface area contributed by atoms with Gasteiger partial charge in [-0.3, -0.25) is 0 Å². The molecule has 148 valence electrons. The zero-order valence-electron chi connectivity index (χ0n) is 16.0. The van der Waals surface area contributed by atoms with E-state index in [1.807, 2.05) is 19.1 Å². The van der Waals surface area contributed by atoms with Crippen LogP contribution in [0.25, 0.3) is 0 Å². The molecule has 1 aliphatic carbocycles. The van der Waals surface area contributed by atoms with Crippen LogP contribution in [0.15, 0.2) is 34.2 Å². The molecule has 1 aromatic carbocycles. The lowest BCUT2D eigenvalue weighted by Crippen LogP contribution is -2.44. The van der Waals surface area contributed by atoms with Crippen LogP contribution in [0.5, 0.6) is 0 Å². The molecule has 0 saturated heterocycles. The average Bonchev–Trinajstić information content (AvgIpc) is 3.36. The Kier molecular flexibility index (Phi) is 9.32. The molecule has 8 heteroatoms. The molecule has 6 nitrogen and oxygen atoms in total. The van der Waals surface area contributed by atoms with Gasteiger partial charge in [0, 0.05) is 18.6 Å². The van der Waals surface area contributed by atoms with Crippen molar-refractivity contribution in [1.29, 1.82) is 0 Å². The number of nitrogens with one attached hydrogen (secondary N) is 3. The van der Waals surface area contributed by atoms with Gasteiger partial charge in [-0.15, -0.1) is 24.0 Å². The van der Waals surface area contributed by atoms with Crippen LogP contribution in [0.3, 0.4) is 0 Å². The number of benzene rings is 1. The van der Waals surface area contributed by atoms with Crippen LogP contribution in [-0.2, 0) is 16.6 Å². The Morgan fingerprint density at radius 2 is 1.81 bits per heavy atom. The zero-order chi connectivity index (χ0) is 18.4. The molecule has 0 spiro atoms. The molecule has 1 saturated carbocycles. The minimum absolute atomic E-state index is 0. The van der Waals surface area contributed by atoms with E-state index < -0.39 is 10.0 Å². The number of hydrogen-bond donors (Lipinski definition) is 3. The highest BCUT2D eigenvalue weighted by molar-refractivity contribution is 14.0. The minimum Gasteiger partial charge on any atom is -0.357 e. The van der Waals surface area contributed by atoms with E-state index in [1.54, 1.807) is 12.1 Å². The third-order valence-corrected chi connectivity index (χ3v) is 5.80. The first-order chi connectivity index (χ1) is 11.8. The van der Waals surface area contributed by atoms with Crippen molar-refractivity contribution in [3.8, 4) is 0 Å². The van der Waals surface area contributed by atoms with Gasteiger partial charge in [0.1, 0.15) is 0 Å². The van der Waals surface area contributed by atoms with Crippen molar-refractivity contribution in [3.63, 3.8) is 0 Å². The van der Waals surface area contributed by atoms with Crippen LogP contribution in [0.1, 0.15) is 46.1 Å². The molecule has 1 aromatic rings. The summed E-state index contributed by atoms with van der Waals surface area (Å²) in [6.45, 7) is 9.77. The Labute approximate surface area is 174 Å². The summed E-state index contributed by atoms with van der Waals surface area (Å²) in [6, 6.07) is 7.37. The van der Waals surface area contributed by atoms with Gasteiger partial charge in [-0.2, -0.15) is 0 Å². The Balaban J connectivity index is 0.00000338. The molecule has 0 bridgehead atoms. The summed E-state index contributed by atoms with van der Waals surface area (Å²) in [5.41, 5.74) is 0.972.